The van der Waals surface area contributed by atoms with E-state index in [2.05, 4.69) is 20.9 Å². The Morgan fingerprint density at radius 2 is 1.83 bits per heavy atom. The van der Waals surface area contributed by atoms with E-state index in [9.17, 15) is 19.5 Å². The Morgan fingerprint density at radius 3 is 2.51 bits per heavy atom. The van der Waals surface area contributed by atoms with Gasteiger partial charge in [-0.05, 0) is 50.3 Å². The van der Waals surface area contributed by atoms with E-state index in [4.69, 9.17) is 5.73 Å². The first kappa shape index (κ1) is 26.5. The number of rotatable bonds is 12. The molecule has 0 bridgehead atoms. The number of hydrogen-bond acceptors (Lipinski definition) is 5. The molecule has 2 atom stereocenters. The van der Waals surface area contributed by atoms with Gasteiger partial charge in [0.2, 0.25) is 5.91 Å². The minimum Gasteiger partial charge on any atom is -0.480 e. The summed E-state index contributed by atoms with van der Waals surface area (Å²) in [6.45, 7) is 0.694. The molecule has 192 valence electrons. The second-order valence-electron chi connectivity index (χ2n) is 9.38. The summed E-state index contributed by atoms with van der Waals surface area (Å²) in [6.07, 6.45) is 7.56. The quantitative estimate of drug-likeness (QED) is 0.291. The summed E-state index contributed by atoms with van der Waals surface area (Å²) in [5.74, 6) is -0.346. The van der Waals surface area contributed by atoms with E-state index in [1.54, 1.807) is 0 Å². The standard InChI is InChI=1S/C25H38N6O4/c1-31-21-13-6-5-11-18(21)28-22(31)16-27-23(32)20(15-17-9-3-2-4-10-17)30-25(35)29-19(24(33)34)12-7-8-14-26/h5-6,11,13,17,19-20H,2-4,7-10,12,14-16,26H2,1H3,(H,27,32)(H,33,34)(H2,29,30,35)/t19-,20+/m0/s1. The van der Waals surface area contributed by atoms with Gasteiger partial charge in [0.1, 0.15) is 17.9 Å². The van der Waals surface area contributed by atoms with Gasteiger partial charge in [-0.25, -0.2) is 14.6 Å². The molecule has 0 radical (unpaired) electrons. The number of nitrogens with one attached hydrogen (secondary N) is 3. The number of nitrogens with zero attached hydrogens (tertiary/aromatic N) is 2. The maximum Gasteiger partial charge on any atom is 0.326 e. The molecule has 1 aromatic carbocycles. The van der Waals surface area contributed by atoms with Crippen molar-refractivity contribution in [1.29, 1.82) is 0 Å². The van der Waals surface area contributed by atoms with Gasteiger partial charge in [0, 0.05) is 7.05 Å². The van der Waals surface area contributed by atoms with Crippen LogP contribution in [0.4, 0.5) is 4.79 Å². The Hall–Kier alpha value is -3.14. The molecule has 1 saturated carbocycles. The van der Waals surface area contributed by atoms with Crippen LogP contribution in [0, 0.1) is 5.92 Å². The summed E-state index contributed by atoms with van der Waals surface area (Å²) in [4.78, 5) is 42.0. The van der Waals surface area contributed by atoms with Gasteiger partial charge in [0.25, 0.3) is 0 Å². The van der Waals surface area contributed by atoms with Crippen molar-refractivity contribution in [3.05, 3.63) is 30.1 Å². The van der Waals surface area contributed by atoms with Crippen LogP contribution in [0.5, 0.6) is 0 Å². The highest BCUT2D eigenvalue weighted by molar-refractivity contribution is 5.88. The van der Waals surface area contributed by atoms with Gasteiger partial charge in [-0.2, -0.15) is 0 Å². The number of aliphatic carboxylic acids is 1. The van der Waals surface area contributed by atoms with E-state index >= 15 is 0 Å². The summed E-state index contributed by atoms with van der Waals surface area (Å²) >= 11 is 0. The predicted octanol–water partition coefficient (Wildman–Crippen LogP) is 2.41. The molecule has 0 spiro atoms. The summed E-state index contributed by atoms with van der Waals surface area (Å²) in [5.41, 5.74) is 7.31. The number of urea groups is 1. The van der Waals surface area contributed by atoms with Crippen molar-refractivity contribution in [2.24, 2.45) is 18.7 Å². The number of benzene rings is 1. The van der Waals surface area contributed by atoms with Gasteiger partial charge < -0.3 is 31.4 Å². The van der Waals surface area contributed by atoms with Crippen LogP contribution in [0.2, 0.25) is 0 Å². The van der Waals surface area contributed by atoms with Gasteiger partial charge in [-0.1, -0.05) is 44.2 Å². The smallest absolute Gasteiger partial charge is 0.326 e. The third-order valence-corrected chi connectivity index (χ3v) is 6.77. The van der Waals surface area contributed by atoms with Crippen LogP contribution < -0.4 is 21.7 Å². The van der Waals surface area contributed by atoms with E-state index in [1.165, 1.54) is 6.42 Å². The first-order chi connectivity index (χ1) is 16.9. The van der Waals surface area contributed by atoms with Crippen LogP contribution in [-0.2, 0) is 23.2 Å². The highest BCUT2D eigenvalue weighted by Crippen LogP contribution is 2.27. The van der Waals surface area contributed by atoms with E-state index in [1.807, 2.05) is 35.9 Å². The Bertz CT molecular complexity index is 1000. The van der Waals surface area contributed by atoms with Crippen LogP contribution in [0.3, 0.4) is 0 Å². The SMILES string of the molecule is Cn1c(CNC(=O)[C@@H](CC2CCCCC2)NC(=O)N[C@@H](CCCCN)C(=O)O)nc2ccccc21. The van der Waals surface area contributed by atoms with Crippen LogP contribution >= 0.6 is 0 Å². The zero-order chi connectivity index (χ0) is 25.2. The summed E-state index contributed by atoms with van der Waals surface area (Å²) < 4.78 is 1.94. The van der Waals surface area contributed by atoms with E-state index in [0.717, 1.165) is 36.7 Å². The van der Waals surface area contributed by atoms with E-state index in [0.29, 0.717) is 37.5 Å². The van der Waals surface area contributed by atoms with Crippen molar-refractivity contribution in [1.82, 2.24) is 25.5 Å². The summed E-state index contributed by atoms with van der Waals surface area (Å²) in [7, 11) is 1.90. The lowest BCUT2D eigenvalue weighted by atomic mass is 9.84. The molecule has 0 aliphatic heterocycles. The number of para-hydroxylation sites is 2. The molecule has 0 saturated heterocycles. The van der Waals surface area contributed by atoms with Crippen molar-refractivity contribution < 1.29 is 19.5 Å². The first-order valence-electron chi connectivity index (χ1n) is 12.6. The number of unbranched alkanes of at least 4 members (excludes halogenated alkanes) is 1. The molecule has 35 heavy (non-hydrogen) atoms. The number of aromatic nitrogens is 2. The molecule has 6 N–H and O–H groups in total. The number of carboxylic acid groups (broad SMARTS) is 1. The van der Waals surface area contributed by atoms with Crippen molar-refractivity contribution in [2.45, 2.75) is 76.4 Å². The van der Waals surface area contributed by atoms with Crippen LogP contribution in [0.15, 0.2) is 24.3 Å². The number of hydrogen-bond donors (Lipinski definition) is 5. The Balaban J connectivity index is 1.64. The van der Waals surface area contributed by atoms with Crippen LogP contribution in [0.25, 0.3) is 11.0 Å². The number of carbonyl (C=O) groups is 3. The molecule has 10 nitrogen and oxygen atoms in total. The fourth-order valence-electron chi connectivity index (χ4n) is 4.74. The van der Waals surface area contributed by atoms with Crippen molar-refractivity contribution in [3.8, 4) is 0 Å². The van der Waals surface area contributed by atoms with Crippen molar-refractivity contribution in [3.63, 3.8) is 0 Å². The van der Waals surface area contributed by atoms with Crippen molar-refractivity contribution in [2.75, 3.05) is 6.54 Å². The number of carboxylic acids is 1. The maximum absolute atomic E-state index is 13.2. The second kappa shape index (κ2) is 13.1. The summed E-state index contributed by atoms with van der Waals surface area (Å²) in [6, 6.07) is 5.31. The molecule has 1 fully saturated rings. The molecule has 2 aromatic rings. The average molecular weight is 487 g/mol. The average Bonchev–Trinajstić information content (AvgIpc) is 3.17. The fraction of sp³-hybridized carbons (Fsp3) is 0.600. The van der Waals surface area contributed by atoms with Gasteiger partial charge in [-0.15, -0.1) is 0 Å². The normalized spacial score (nSPS) is 15.9. The Kier molecular flexibility index (Phi) is 9.89. The third kappa shape index (κ3) is 7.68. The zero-order valence-electron chi connectivity index (χ0n) is 20.5. The maximum atomic E-state index is 13.2. The summed E-state index contributed by atoms with van der Waals surface area (Å²) in [5, 5.41) is 17.6. The highest BCUT2D eigenvalue weighted by Gasteiger charge is 2.28. The van der Waals surface area contributed by atoms with Gasteiger partial charge in [0.15, 0.2) is 0 Å². The lowest BCUT2D eigenvalue weighted by Crippen LogP contribution is -2.53. The monoisotopic (exact) mass is 486 g/mol. The predicted molar refractivity (Wildman–Crippen MR) is 134 cm³/mol. The number of aryl methyl sites for hydroxylation is 1. The molecule has 1 aliphatic carbocycles. The minimum absolute atomic E-state index is 0.227. The molecule has 3 rings (SSSR count). The molecule has 1 aliphatic rings. The lowest BCUT2D eigenvalue weighted by molar-refractivity contribution is -0.139. The van der Waals surface area contributed by atoms with Gasteiger partial charge >= 0.3 is 12.0 Å². The van der Waals surface area contributed by atoms with Gasteiger partial charge in [-0.3, -0.25) is 4.79 Å². The number of amides is 3. The third-order valence-electron chi connectivity index (χ3n) is 6.77. The molecule has 0 unspecified atom stereocenters. The zero-order valence-corrected chi connectivity index (χ0v) is 20.5. The number of imidazole rings is 1. The highest BCUT2D eigenvalue weighted by atomic mass is 16.4. The minimum atomic E-state index is -1.10. The molecule has 10 heteroatoms. The Morgan fingerprint density at radius 1 is 1.11 bits per heavy atom. The Labute approximate surface area is 206 Å². The largest absolute Gasteiger partial charge is 0.480 e. The lowest BCUT2D eigenvalue weighted by Gasteiger charge is -2.27. The van der Waals surface area contributed by atoms with Gasteiger partial charge in [0.05, 0.1) is 17.6 Å². The molecule has 3 amide bonds. The second-order valence-corrected chi connectivity index (χ2v) is 9.38. The fourth-order valence-corrected chi connectivity index (χ4v) is 4.74. The molecular formula is C25H38N6O4. The molecule has 1 aromatic heterocycles. The molecule has 1 heterocycles. The topological polar surface area (TPSA) is 151 Å². The van der Waals surface area contributed by atoms with E-state index < -0.39 is 24.1 Å². The number of nitrogens with two attached hydrogens (primary N) is 1. The van der Waals surface area contributed by atoms with Crippen LogP contribution in [-0.4, -0.2) is 51.2 Å². The van der Waals surface area contributed by atoms with E-state index in [-0.39, 0.29) is 18.9 Å². The number of fused-ring (bicyclic) bond motifs is 1. The molecular weight excluding hydrogens is 448 g/mol. The first-order valence-corrected chi connectivity index (χ1v) is 12.6. The van der Waals surface area contributed by atoms with Crippen molar-refractivity contribution >= 4 is 28.9 Å². The number of carbonyl (C=O) groups excluding carboxylic acids is 2. The van der Waals surface area contributed by atoms with Crippen LogP contribution in [0.1, 0.15) is 63.6 Å².